The van der Waals surface area contributed by atoms with E-state index in [9.17, 15) is 4.79 Å². The van der Waals surface area contributed by atoms with E-state index in [2.05, 4.69) is 21.2 Å². The van der Waals surface area contributed by atoms with Gasteiger partial charge in [0.2, 0.25) is 12.7 Å². The Kier molecular flexibility index (Phi) is 6.28. The molecule has 2 heterocycles. The van der Waals surface area contributed by atoms with Crippen molar-refractivity contribution in [2.45, 2.75) is 26.4 Å². The first-order valence-corrected chi connectivity index (χ1v) is 10.5. The number of rotatable bonds is 7. The van der Waals surface area contributed by atoms with Crippen LogP contribution in [0, 0.1) is 0 Å². The Morgan fingerprint density at radius 3 is 2.67 bits per heavy atom. The molecule has 0 radical (unpaired) electrons. The van der Waals surface area contributed by atoms with E-state index >= 15 is 0 Å². The number of hydrogen-bond acceptors (Lipinski definition) is 6. The summed E-state index contributed by atoms with van der Waals surface area (Å²) in [5.74, 6) is 2.44. The Hall–Kier alpha value is -2.93. The number of hydrogen-bond donors (Lipinski definition) is 1. The molecule has 0 saturated carbocycles. The van der Waals surface area contributed by atoms with Crippen molar-refractivity contribution in [3.8, 4) is 17.2 Å². The van der Waals surface area contributed by atoms with Gasteiger partial charge in [-0.05, 0) is 43.7 Å². The van der Waals surface area contributed by atoms with Gasteiger partial charge < -0.3 is 24.4 Å². The van der Waals surface area contributed by atoms with E-state index < -0.39 is 0 Å². The third kappa shape index (κ3) is 4.46. The van der Waals surface area contributed by atoms with Gasteiger partial charge in [0.15, 0.2) is 11.5 Å². The summed E-state index contributed by atoms with van der Waals surface area (Å²) in [6.45, 7) is 8.74. The summed E-state index contributed by atoms with van der Waals surface area (Å²) in [6.07, 6.45) is 0. The summed E-state index contributed by atoms with van der Waals surface area (Å²) in [6, 6.07) is 13.7. The van der Waals surface area contributed by atoms with Crippen LogP contribution in [0.25, 0.3) is 0 Å². The molecule has 2 aromatic carbocycles. The summed E-state index contributed by atoms with van der Waals surface area (Å²) in [5, 5.41) is 3.05. The lowest BCUT2D eigenvalue weighted by atomic mass is 10.1. The monoisotopic (exact) mass is 411 g/mol. The standard InChI is InChI=1S/C23H29N3O4/c1-3-28-20-7-5-4-6-19(20)26-12-10-25(11-13-26)17(2)23(27)24-15-18-8-9-21-22(14-18)30-16-29-21/h4-9,14,17H,3,10-13,15-16H2,1-2H3,(H,24,27)/t17-/m1/s1. The van der Waals surface area contributed by atoms with Crippen LogP contribution in [0.4, 0.5) is 5.69 Å². The maximum absolute atomic E-state index is 12.7. The van der Waals surface area contributed by atoms with E-state index in [4.69, 9.17) is 14.2 Å². The van der Waals surface area contributed by atoms with Gasteiger partial charge in [-0.2, -0.15) is 0 Å². The number of anilines is 1. The topological polar surface area (TPSA) is 63.3 Å². The Morgan fingerprint density at radius 1 is 1.10 bits per heavy atom. The number of fused-ring (bicyclic) bond motifs is 1. The lowest BCUT2D eigenvalue weighted by Crippen LogP contribution is -2.53. The van der Waals surface area contributed by atoms with Gasteiger partial charge in [0, 0.05) is 32.7 Å². The second kappa shape index (κ2) is 9.26. The van der Waals surface area contributed by atoms with Crippen LogP contribution in [0.2, 0.25) is 0 Å². The molecule has 7 nitrogen and oxygen atoms in total. The number of piperazine rings is 1. The number of ether oxygens (including phenoxy) is 3. The van der Waals surface area contributed by atoms with Crippen LogP contribution in [0.5, 0.6) is 17.2 Å². The SMILES string of the molecule is CCOc1ccccc1N1CCN([C@H](C)C(=O)NCc2ccc3c(c2)OCO3)CC1. The van der Waals surface area contributed by atoms with Crippen LogP contribution in [0.1, 0.15) is 19.4 Å². The molecule has 2 aromatic rings. The fourth-order valence-corrected chi connectivity index (χ4v) is 3.90. The van der Waals surface area contributed by atoms with E-state index in [0.717, 1.165) is 54.7 Å². The van der Waals surface area contributed by atoms with Crippen molar-refractivity contribution in [1.82, 2.24) is 10.2 Å². The van der Waals surface area contributed by atoms with Gasteiger partial charge in [-0.25, -0.2) is 0 Å². The molecule has 1 fully saturated rings. The summed E-state index contributed by atoms with van der Waals surface area (Å²) in [7, 11) is 0. The summed E-state index contributed by atoms with van der Waals surface area (Å²) >= 11 is 0. The molecule has 30 heavy (non-hydrogen) atoms. The molecule has 0 bridgehead atoms. The number of carbonyl (C=O) groups excluding carboxylic acids is 1. The lowest BCUT2D eigenvalue weighted by Gasteiger charge is -2.39. The fraction of sp³-hybridized carbons (Fsp3) is 0.435. The first-order valence-electron chi connectivity index (χ1n) is 10.5. The molecule has 2 aliphatic heterocycles. The van der Waals surface area contributed by atoms with Crippen molar-refractivity contribution in [3.63, 3.8) is 0 Å². The van der Waals surface area contributed by atoms with Crippen molar-refractivity contribution in [3.05, 3.63) is 48.0 Å². The number of carbonyl (C=O) groups is 1. The third-order valence-electron chi connectivity index (χ3n) is 5.65. The maximum Gasteiger partial charge on any atom is 0.237 e. The van der Waals surface area contributed by atoms with E-state index in [1.54, 1.807) is 0 Å². The van der Waals surface area contributed by atoms with Gasteiger partial charge in [0.05, 0.1) is 18.3 Å². The molecular weight excluding hydrogens is 382 g/mol. The molecule has 1 saturated heterocycles. The maximum atomic E-state index is 12.7. The molecule has 2 aliphatic rings. The van der Waals surface area contributed by atoms with Crippen molar-refractivity contribution in [2.24, 2.45) is 0 Å². The quantitative estimate of drug-likeness (QED) is 0.756. The van der Waals surface area contributed by atoms with Crippen LogP contribution in [-0.4, -0.2) is 56.4 Å². The Balaban J connectivity index is 1.28. The predicted molar refractivity (Wildman–Crippen MR) is 115 cm³/mol. The first-order chi connectivity index (χ1) is 14.7. The summed E-state index contributed by atoms with van der Waals surface area (Å²) < 4.78 is 16.5. The highest BCUT2D eigenvalue weighted by atomic mass is 16.7. The Bertz CT molecular complexity index is 881. The largest absolute Gasteiger partial charge is 0.492 e. The highest BCUT2D eigenvalue weighted by Gasteiger charge is 2.26. The number of para-hydroxylation sites is 2. The van der Waals surface area contributed by atoms with Crippen LogP contribution >= 0.6 is 0 Å². The van der Waals surface area contributed by atoms with E-state index in [-0.39, 0.29) is 18.7 Å². The molecule has 0 aromatic heterocycles. The smallest absolute Gasteiger partial charge is 0.237 e. The van der Waals surface area contributed by atoms with Crippen LogP contribution in [0.3, 0.4) is 0 Å². The van der Waals surface area contributed by atoms with Gasteiger partial charge in [-0.1, -0.05) is 18.2 Å². The number of benzene rings is 2. The molecule has 0 aliphatic carbocycles. The van der Waals surface area contributed by atoms with Gasteiger partial charge in [-0.15, -0.1) is 0 Å². The normalized spacial score (nSPS) is 16.9. The van der Waals surface area contributed by atoms with Crippen molar-refractivity contribution in [2.75, 3.05) is 44.5 Å². The minimum atomic E-state index is -0.178. The number of nitrogens with one attached hydrogen (secondary N) is 1. The zero-order valence-electron chi connectivity index (χ0n) is 17.6. The minimum absolute atomic E-state index is 0.0378. The number of nitrogens with zero attached hydrogens (tertiary/aromatic N) is 2. The third-order valence-corrected chi connectivity index (χ3v) is 5.65. The van der Waals surface area contributed by atoms with E-state index in [0.29, 0.717) is 13.2 Å². The van der Waals surface area contributed by atoms with Crippen LogP contribution < -0.4 is 24.4 Å². The fourth-order valence-electron chi connectivity index (χ4n) is 3.90. The molecule has 1 atom stereocenters. The Labute approximate surface area is 177 Å². The highest BCUT2D eigenvalue weighted by molar-refractivity contribution is 5.81. The zero-order valence-corrected chi connectivity index (χ0v) is 17.6. The molecular formula is C23H29N3O4. The van der Waals surface area contributed by atoms with Crippen LogP contribution in [0.15, 0.2) is 42.5 Å². The minimum Gasteiger partial charge on any atom is -0.492 e. The van der Waals surface area contributed by atoms with Crippen molar-refractivity contribution >= 4 is 11.6 Å². The molecule has 0 unspecified atom stereocenters. The highest BCUT2D eigenvalue weighted by Crippen LogP contribution is 2.32. The molecule has 4 rings (SSSR count). The second-order valence-corrected chi connectivity index (χ2v) is 7.51. The summed E-state index contributed by atoms with van der Waals surface area (Å²) in [4.78, 5) is 17.3. The van der Waals surface area contributed by atoms with Crippen LogP contribution in [-0.2, 0) is 11.3 Å². The van der Waals surface area contributed by atoms with Crippen molar-refractivity contribution in [1.29, 1.82) is 0 Å². The van der Waals surface area contributed by atoms with Gasteiger partial charge in [0.25, 0.3) is 0 Å². The molecule has 1 N–H and O–H groups in total. The van der Waals surface area contributed by atoms with Crippen molar-refractivity contribution < 1.29 is 19.0 Å². The van der Waals surface area contributed by atoms with Gasteiger partial charge >= 0.3 is 0 Å². The second-order valence-electron chi connectivity index (χ2n) is 7.51. The average Bonchev–Trinajstić information content (AvgIpc) is 3.26. The first kappa shape index (κ1) is 20.3. The lowest BCUT2D eigenvalue weighted by molar-refractivity contribution is -0.126. The van der Waals surface area contributed by atoms with E-state index in [1.807, 2.05) is 50.2 Å². The molecule has 7 heteroatoms. The Morgan fingerprint density at radius 2 is 1.87 bits per heavy atom. The van der Waals surface area contributed by atoms with Gasteiger partial charge in [0.1, 0.15) is 5.75 Å². The van der Waals surface area contributed by atoms with Gasteiger partial charge in [-0.3, -0.25) is 9.69 Å². The molecule has 0 spiro atoms. The zero-order chi connectivity index (χ0) is 20.9. The molecule has 160 valence electrons. The predicted octanol–water partition coefficient (Wildman–Crippen LogP) is 2.64. The summed E-state index contributed by atoms with van der Waals surface area (Å²) in [5.41, 5.74) is 2.12. The number of amides is 1. The van der Waals surface area contributed by atoms with E-state index in [1.165, 1.54) is 0 Å². The molecule has 1 amide bonds. The average molecular weight is 412 g/mol.